The highest BCUT2D eigenvalue weighted by molar-refractivity contribution is 7.89. The summed E-state index contributed by atoms with van der Waals surface area (Å²) in [6.45, 7) is 4.59. The van der Waals surface area contributed by atoms with Gasteiger partial charge in [-0.25, -0.2) is 4.83 Å². The maximum absolute atomic E-state index is 12.3. The van der Waals surface area contributed by atoms with Crippen LogP contribution in [0.1, 0.15) is 31.7 Å². The fourth-order valence-corrected chi connectivity index (χ4v) is 3.82. The molecule has 0 aliphatic carbocycles. The monoisotopic (exact) mass is 387 g/mol. The number of piperidine rings is 1. The number of ether oxygens (including phenoxy) is 1. The van der Waals surface area contributed by atoms with Crippen molar-refractivity contribution in [2.75, 3.05) is 24.6 Å². The third kappa shape index (κ3) is 5.23. The standard InChI is InChI=1S/C20H25N3O3S/c1-2-26-19-10-12-20(13-11-19)27(24,25)22-21-16-17-6-8-18(9-7-17)23-14-4-3-5-15-23/h6-13,16,22H,2-5,14-15H2,1H3/b21-16+. The van der Waals surface area contributed by atoms with Crippen molar-refractivity contribution in [2.24, 2.45) is 5.10 Å². The van der Waals surface area contributed by atoms with Crippen molar-refractivity contribution in [1.29, 1.82) is 0 Å². The Labute approximate surface area is 160 Å². The smallest absolute Gasteiger partial charge is 0.276 e. The van der Waals surface area contributed by atoms with Crippen LogP contribution in [0.5, 0.6) is 5.75 Å². The first-order valence-electron chi connectivity index (χ1n) is 9.21. The first kappa shape index (κ1) is 19.2. The molecule has 1 N–H and O–H groups in total. The number of hydrazone groups is 1. The zero-order chi connectivity index (χ0) is 19.1. The van der Waals surface area contributed by atoms with E-state index in [9.17, 15) is 8.42 Å². The fraction of sp³-hybridized carbons (Fsp3) is 0.350. The number of benzene rings is 2. The number of hydrogen-bond acceptors (Lipinski definition) is 5. The van der Waals surface area contributed by atoms with E-state index in [1.807, 2.05) is 31.2 Å². The molecule has 3 rings (SSSR count). The van der Waals surface area contributed by atoms with Gasteiger partial charge in [0.1, 0.15) is 5.75 Å². The molecule has 0 radical (unpaired) electrons. The van der Waals surface area contributed by atoms with Crippen molar-refractivity contribution in [3.05, 3.63) is 54.1 Å². The second-order valence-corrected chi connectivity index (χ2v) is 8.06. The Bertz CT molecular complexity index is 856. The molecule has 7 heteroatoms. The zero-order valence-electron chi connectivity index (χ0n) is 15.5. The molecule has 2 aromatic carbocycles. The normalized spacial score (nSPS) is 15.1. The second-order valence-electron chi connectivity index (χ2n) is 6.40. The lowest BCUT2D eigenvalue weighted by molar-refractivity contribution is 0.340. The van der Waals surface area contributed by atoms with E-state index in [2.05, 4.69) is 14.8 Å². The van der Waals surface area contributed by atoms with Crippen LogP contribution in [-0.4, -0.2) is 34.3 Å². The van der Waals surface area contributed by atoms with Crippen LogP contribution in [0.15, 0.2) is 58.5 Å². The average molecular weight is 388 g/mol. The first-order chi connectivity index (χ1) is 13.1. The summed E-state index contributed by atoms with van der Waals surface area (Å²) in [5.41, 5.74) is 2.03. The van der Waals surface area contributed by atoms with E-state index >= 15 is 0 Å². The average Bonchev–Trinajstić information content (AvgIpc) is 2.70. The van der Waals surface area contributed by atoms with Gasteiger partial charge >= 0.3 is 0 Å². The Hall–Kier alpha value is -2.54. The third-order valence-electron chi connectivity index (χ3n) is 4.45. The van der Waals surface area contributed by atoms with E-state index in [4.69, 9.17) is 4.74 Å². The fourth-order valence-electron chi connectivity index (χ4n) is 3.03. The Morgan fingerprint density at radius 3 is 2.33 bits per heavy atom. The number of nitrogens with zero attached hydrogens (tertiary/aromatic N) is 2. The summed E-state index contributed by atoms with van der Waals surface area (Å²) in [5.74, 6) is 0.633. The molecule has 0 saturated carbocycles. The zero-order valence-corrected chi connectivity index (χ0v) is 16.3. The highest BCUT2D eigenvalue weighted by Gasteiger charge is 2.13. The largest absolute Gasteiger partial charge is 0.494 e. The number of rotatable bonds is 7. The van der Waals surface area contributed by atoms with Crippen molar-refractivity contribution >= 4 is 21.9 Å². The summed E-state index contributed by atoms with van der Waals surface area (Å²) < 4.78 is 29.9. The Kier molecular flexibility index (Phi) is 6.34. The lowest BCUT2D eigenvalue weighted by Gasteiger charge is -2.28. The van der Waals surface area contributed by atoms with Crippen LogP contribution in [0.3, 0.4) is 0 Å². The van der Waals surface area contributed by atoms with Gasteiger partial charge in [-0.15, -0.1) is 0 Å². The molecule has 0 spiro atoms. The van der Waals surface area contributed by atoms with E-state index in [1.54, 1.807) is 12.1 Å². The van der Waals surface area contributed by atoms with Crippen molar-refractivity contribution in [3.8, 4) is 5.75 Å². The molecule has 1 heterocycles. The minimum atomic E-state index is -3.70. The third-order valence-corrected chi connectivity index (χ3v) is 5.68. The molecule has 1 fully saturated rings. The van der Waals surface area contributed by atoms with Crippen molar-refractivity contribution < 1.29 is 13.2 Å². The van der Waals surface area contributed by atoms with Crippen LogP contribution in [0.2, 0.25) is 0 Å². The molecule has 2 aromatic rings. The number of nitrogens with one attached hydrogen (secondary N) is 1. The van der Waals surface area contributed by atoms with Gasteiger partial charge in [-0.2, -0.15) is 13.5 Å². The summed E-state index contributed by atoms with van der Waals surface area (Å²) >= 11 is 0. The van der Waals surface area contributed by atoms with Gasteiger partial charge in [0, 0.05) is 18.8 Å². The summed E-state index contributed by atoms with van der Waals surface area (Å²) in [6, 6.07) is 14.2. The molecule has 0 amide bonds. The summed E-state index contributed by atoms with van der Waals surface area (Å²) in [4.78, 5) is 4.76. The van der Waals surface area contributed by atoms with E-state index < -0.39 is 10.0 Å². The predicted molar refractivity (Wildman–Crippen MR) is 108 cm³/mol. The molecule has 0 atom stereocenters. The molecule has 6 nitrogen and oxygen atoms in total. The summed E-state index contributed by atoms with van der Waals surface area (Å²) in [5, 5.41) is 3.88. The number of hydrogen-bond donors (Lipinski definition) is 1. The Morgan fingerprint density at radius 1 is 1.04 bits per heavy atom. The summed E-state index contributed by atoms with van der Waals surface area (Å²) in [6.07, 6.45) is 5.27. The molecule has 1 saturated heterocycles. The van der Waals surface area contributed by atoms with E-state index in [-0.39, 0.29) is 4.90 Å². The molecule has 1 aliphatic rings. The minimum absolute atomic E-state index is 0.142. The van der Waals surface area contributed by atoms with E-state index in [1.165, 1.54) is 43.3 Å². The maximum Gasteiger partial charge on any atom is 0.276 e. The van der Waals surface area contributed by atoms with Crippen LogP contribution >= 0.6 is 0 Å². The molecule has 0 bridgehead atoms. The van der Waals surface area contributed by atoms with Crippen LogP contribution in [0.4, 0.5) is 5.69 Å². The minimum Gasteiger partial charge on any atom is -0.494 e. The quantitative estimate of drug-likeness (QED) is 0.584. The van der Waals surface area contributed by atoms with Crippen molar-refractivity contribution in [3.63, 3.8) is 0 Å². The number of sulfonamides is 1. The lowest BCUT2D eigenvalue weighted by Crippen LogP contribution is -2.29. The molecular weight excluding hydrogens is 362 g/mol. The van der Waals surface area contributed by atoms with Crippen LogP contribution in [0, 0.1) is 0 Å². The number of anilines is 1. The van der Waals surface area contributed by atoms with Gasteiger partial charge in [-0.1, -0.05) is 12.1 Å². The van der Waals surface area contributed by atoms with Crippen molar-refractivity contribution in [1.82, 2.24) is 4.83 Å². The van der Waals surface area contributed by atoms with Crippen LogP contribution in [0.25, 0.3) is 0 Å². The molecule has 144 valence electrons. The van der Waals surface area contributed by atoms with Crippen LogP contribution in [-0.2, 0) is 10.0 Å². The topological polar surface area (TPSA) is 71.0 Å². The molecule has 27 heavy (non-hydrogen) atoms. The summed E-state index contributed by atoms with van der Waals surface area (Å²) in [7, 11) is -3.70. The van der Waals surface area contributed by atoms with Gasteiger partial charge in [0.15, 0.2) is 0 Å². The predicted octanol–water partition coefficient (Wildman–Crippen LogP) is 3.39. The van der Waals surface area contributed by atoms with Gasteiger partial charge in [-0.05, 0) is 68.1 Å². The first-order valence-corrected chi connectivity index (χ1v) is 10.7. The SMILES string of the molecule is CCOc1ccc(S(=O)(=O)N/N=C/c2ccc(N3CCCCC3)cc2)cc1. The Balaban J connectivity index is 1.60. The van der Waals surface area contributed by atoms with Gasteiger partial charge in [-0.3, -0.25) is 0 Å². The maximum atomic E-state index is 12.3. The molecule has 1 aliphatic heterocycles. The van der Waals surface area contributed by atoms with Gasteiger partial charge in [0.2, 0.25) is 0 Å². The van der Waals surface area contributed by atoms with Crippen molar-refractivity contribution in [2.45, 2.75) is 31.1 Å². The van der Waals surface area contributed by atoms with Crippen LogP contribution < -0.4 is 14.5 Å². The lowest BCUT2D eigenvalue weighted by atomic mass is 10.1. The second kappa shape index (κ2) is 8.90. The highest BCUT2D eigenvalue weighted by atomic mass is 32.2. The molecule has 0 aromatic heterocycles. The molecule has 0 unspecified atom stereocenters. The van der Waals surface area contributed by atoms with Gasteiger partial charge in [0.25, 0.3) is 10.0 Å². The Morgan fingerprint density at radius 2 is 1.70 bits per heavy atom. The van der Waals surface area contributed by atoms with E-state index in [0.29, 0.717) is 12.4 Å². The van der Waals surface area contributed by atoms with Gasteiger partial charge in [0.05, 0.1) is 17.7 Å². The van der Waals surface area contributed by atoms with Gasteiger partial charge < -0.3 is 9.64 Å². The van der Waals surface area contributed by atoms with E-state index in [0.717, 1.165) is 18.7 Å². The molecular formula is C20H25N3O3S. The highest BCUT2D eigenvalue weighted by Crippen LogP contribution is 2.20.